The summed E-state index contributed by atoms with van der Waals surface area (Å²) >= 11 is 3.79. The highest BCUT2D eigenvalue weighted by molar-refractivity contribution is 8.04. The molecule has 1 aromatic rings. The SMILES string of the molecule is C1=C2SCC=C2c2ccsc21. The molecule has 3 rings (SSSR count). The van der Waals surface area contributed by atoms with Crippen LogP contribution >= 0.6 is 23.1 Å². The molecule has 0 nitrogen and oxygen atoms in total. The van der Waals surface area contributed by atoms with Crippen LogP contribution in [0, 0.1) is 0 Å². The van der Waals surface area contributed by atoms with E-state index < -0.39 is 0 Å². The molecule has 1 aromatic heterocycles. The highest BCUT2D eigenvalue weighted by Gasteiger charge is 2.22. The van der Waals surface area contributed by atoms with Crippen molar-refractivity contribution in [2.75, 3.05) is 5.75 Å². The predicted molar refractivity (Wildman–Crippen MR) is 52.7 cm³/mol. The van der Waals surface area contributed by atoms with Gasteiger partial charge in [0, 0.05) is 21.1 Å². The minimum absolute atomic E-state index is 1.16. The van der Waals surface area contributed by atoms with Gasteiger partial charge in [0.05, 0.1) is 0 Å². The van der Waals surface area contributed by atoms with Crippen LogP contribution in [-0.2, 0) is 0 Å². The van der Waals surface area contributed by atoms with Gasteiger partial charge in [0.2, 0.25) is 0 Å². The normalized spacial score (nSPS) is 19.3. The summed E-state index contributed by atoms with van der Waals surface area (Å²) in [5.41, 5.74) is 2.93. The molecule has 2 heterocycles. The summed E-state index contributed by atoms with van der Waals surface area (Å²) < 4.78 is 0. The van der Waals surface area contributed by atoms with E-state index in [0.717, 1.165) is 5.75 Å². The maximum atomic E-state index is 2.33. The predicted octanol–water partition coefficient (Wildman–Crippen LogP) is 3.23. The Bertz CT molecular complexity index is 369. The Morgan fingerprint density at radius 3 is 3.36 bits per heavy atom. The van der Waals surface area contributed by atoms with Gasteiger partial charge in [0.1, 0.15) is 0 Å². The Morgan fingerprint density at radius 2 is 2.36 bits per heavy atom. The van der Waals surface area contributed by atoms with Crippen LogP contribution in [0.4, 0.5) is 0 Å². The van der Waals surface area contributed by atoms with Crippen molar-refractivity contribution in [1.29, 1.82) is 0 Å². The van der Waals surface area contributed by atoms with Gasteiger partial charge >= 0.3 is 0 Å². The third-order valence-corrected chi connectivity index (χ3v) is 3.89. The van der Waals surface area contributed by atoms with Crippen LogP contribution in [0.15, 0.2) is 22.4 Å². The van der Waals surface area contributed by atoms with Crippen molar-refractivity contribution in [2.45, 2.75) is 0 Å². The molecule has 0 amide bonds. The summed E-state index contributed by atoms with van der Waals surface area (Å²) in [5.74, 6) is 1.16. The summed E-state index contributed by atoms with van der Waals surface area (Å²) in [6.45, 7) is 0. The lowest BCUT2D eigenvalue weighted by Crippen LogP contribution is -1.70. The van der Waals surface area contributed by atoms with Gasteiger partial charge in [0.25, 0.3) is 0 Å². The summed E-state index contributed by atoms with van der Waals surface area (Å²) in [6.07, 6.45) is 4.64. The standard InChI is InChI=1S/C9H6S2/c1-3-10-8-5-9-7(6(1)8)2-4-11-9/h1-3,5H,4H2. The Kier molecular flexibility index (Phi) is 1.12. The fourth-order valence-electron chi connectivity index (χ4n) is 1.53. The monoisotopic (exact) mass is 178 g/mol. The van der Waals surface area contributed by atoms with Crippen LogP contribution in [0.2, 0.25) is 0 Å². The summed E-state index contributed by atoms with van der Waals surface area (Å²) in [6, 6.07) is 2.22. The second-order valence-electron chi connectivity index (χ2n) is 2.64. The molecule has 0 saturated carbocycles. The van der Waals surface area contributed by atoms with Gasteiger partial charge in [-0.15, -0.1) is 23.1 Å². The average molecular weight is 178 g/mol. The Hall–Kier alpha value is -0.470. The van der Waals surface area contributed by atoms with Crippen molar-refractivity contribution in [1.82, 2.24) is 0 Å². The van der Waals surface area contributed by atoms with Crippen LogP contribution in [-0.4, -0.2) is 5.75 Å². The van der Waals surface area contributed by atoms with Crippen LogP contribution in [0.25, 0.3) is 11.6 Å². The second kappa shape index (κ2) is 2.02. The van der Waals surface area contributed by atoms with Crippen molar-refractivity contribution in [3.05, 3.63) is 32.9 Å². The fraction of sp³-hybridized carbons (Fsp3) is 0.111. The molecule has 1 aliphatic heterocycles. The van der Waals surface area contributed by atoms with Crippen molar-refractivity contribution >= 4 is 34.7 Å². The van der Waals surface area contributed by atoms with E-state index in [1.807, 2.05) is 23.1 Å². The molecule has 0 atom stereocenters. The van der Waals surface area contributed by atoms with E-state index in [1.54, 1.807) is 0 Å². The molecule has 2 aliphatic rings. The number of thioether (sulfide) groups is 1. The first kappa shape index (κ1) is 6.09. The number of hydrogen-bond acceptors (Lipinski definition) is 2. The highest BCUT2D eigenvalue weighted by atomic mass is 32.2. The van der Waals surface area contributed by atoms with Crippen molar-refractivity contribution in [2.24, 2.45) is 0 Å². The molecule has 1 aliphatic carbocycles. The largest absolute Gasteiger partial charge is 0.144 e. The van der Waals surface area contributed by atoms with Gasteiger partial charge in [-0.05, 0) is 23.1 Å². The molecule has 0 aromatic carbocycles. The average Bonchev–Trinajstić information content (AvgIpc) is 2.52. The maximum absolute atomic E-state index is 2.33. The van der Waals surface area contributed by atoms with Crippen molar-refractivity contribution in [3.63, 3.8) is 0 Å². The molecular formula is C9H6S2. The number of allylic oxidation sites excluding steroid dienone is 1. The molecule has 0 bridgehead atoms. The van der Waals surface area contributed by atoms with E-state index in [1.165, 1.54) is 20.9 Å². The fourth-order valence-corrected chi connectivity index (χ4v) is 3.43. The quantitative estimate of drug-likeness (QED) is 0.587. The minimum atomic E-state index is 1.16. The van der Waals surface area contributed by atoms with Crippen LogP contribution in [0.3, 0.4) is 0 Å². The second-order valence-corrected chi connectivity index (χ2v) is 4.65. The van der Waals surface area contributed by atoms with Crippen molar-refractivity contribution in [3.8, 4) is 0 Å². The van der Waals surface area contributed by atoms with E-state index >= 15 is 0 Å². The van der Waals surface area contributed by atoms with E-state index in [4.69, 9.17) is 0 Å². The third kappa shape index (κ3) is 0.713. The van der Waals surface area contributed by atoms with E-state index in [0.29, 0.717) is 0 Å². The van der Waals surface area contributed by atoms with Crippen molar-refractivity contribution < 1.29 is 0 Å². The topological polar surface area (TPSA) is 0 Å². The molecule has 0 unspecified atom stereocenters. The Balaban J connectivity index is 2.32. The van der Waals surface area contributed by atoms with E-state index in [-0.39, 0.29) is 0 Å². The van der Waals surface area contributed by atoms with E-state index in [2.05, 4.69) is 23.6 Å². The zero-order valence-electron chi connectivity index (χ0n) is 5.83. The first-order valence-corrected chi connectivity index (χ1v) is 5.44. The molecule has 0 fully saturated rings. The first-order valence-electron chi connectivity index (χ1n) is 3.58. The van der Waals surface area contributed by atoms with E-state index in [9.17, 15) is 0 Å². The summed E-state index contributed by atoms with van der Waals surface area (Å²) in [5, 5.41) is 2.17. The van der Waals surface area contributed by atoms with Gasteiger partial charge in [-0.2, -0.15) is 0 Å². The zero-order valence-corrected chi connectivity index (χ0v) is 7.47. The van der Waals surface area contributed by atoms with Crippen LogP contribution < -0.4 is 0 Å². The number of thiophene rings is 1. The first-order chi connectivity index (χ1) is 5.45. The van der Waals surface area contributed by atoms with Crippen LogP contribution in [0.1, 0.15) is 10.4 Å². The molecule has 54 valence electrons. The van der Waals surface area contributed by atoms with Crippen LogP contribution in [0.5, 0.6) is 0 Å². The summed E-state index contributed by atoms with van der Waals surface area (Å²) in [4.78, 5) is 2.92. The number of fused-ring (bicyclic) bond motifs is 3. The summed E-state index contributed by atoms with van der Waals surface area (Å²) in [7, 11) is 0. The van der Waals surface area contributed by atoms with Gasteiger partial charge < -0.3 is 0 Å². The lowest BCUT2D eigenvalue weighted by molar-refractivity contribution is 1.75. The Labute approximate surface area is 73.6 Å². The molecule has 2 heteroatoms. The molecule has 0 radical (unpaired) electrons. The molecule has 0 N–H and O–H groups in total. The van der Waals surface area contributed by atoms with Gasteiger partial charge in [0.15, 0.2) is 0 Å². The zero-order chi connectivity index (χ0) is 7.26. The smallest absolute Gasteiger partial charge is 0.0360 e. The highest BCUT2D eigenvalue weighted by Crippen LogP contribution is 2.47. The molecule has 0 saturated heterocycles. The number of hydrogen-bond donors (Lipinski definition) is 0. The Morgan fingerprint density at radius 1 is 1.36 bits per heavy atom. The minimum Gasteiger partial charge on any atom is -0.144 e. The van der Waals surface area contributed by atoms with Gasteiger partial charge in [-0.3, -0.25) is 0 Å². The lowest BCUT2D eigenvalue weighted by atomic mass is 10.1. The van der Waals surface area contributed by atoms with Gasteiger partial charge in [-0.25, -0.2) is 0 Å². The molecule has 0 spiro atoms. The third-order valence-electron chi connectivity index (χ3n) is 2.04. The molecule has 11 heavy (non-hydrogen) atoms. The molecular weight excluding hydrogens is 172 g/mol. The number of rotatable bonds is 0. The van der Waals surface area contributed by atoms with Gasteiger partial charge in [-0.1, -0.05) is 6.08 Å². The lowest BCUT2D eigenvalue weighted by Gasteiger charge is -1.92. The maximum Gasteiger partial charge on any atom is 0.0360 e.